The quantitative estimate of drug-likeness (QED) is 0.626. The molecule has 0 amide bonds. The minimum atomic E-state index is -0.537. The molecule has 0 saturated heterocycles. The zero-order valence-corrected chi connectivity index (χ0v) is 9.43. The highest BCUT2D eigenvalue weighted by Gasteiger charge is 1.88. The van der Waals surface area contributed by atoms with E-state index >= 15 is 0 Å². The molecule has 4 nitrogen and oxygen atoms in total. The van der Waals surface area contributed by atoms with Gasteiger partial charge in [-0.15, -0.1) is 0 Å². The largest absolute Gasteiger partial charge is 0.384 e. The Morgan fingerprint density at radius 1 is 1.29 bits per heavy atom. The molecule has 0 aliphatic rings. The average Bonchev–Trinajstić information content (AvgIpc) is 2.30. The molecule has 2 rings (SSSR count). The SMILES string of the molecule is Nc1cccc(F)n1.O=Cc1ccc(Cl)cn1. The summed E-state index contributed by atoms with van der Waals surface area (Å²) in [5.41, 5.74) is 5.51. The lowest BCUT2D eigenvalue weighted by atomic mass is 10.4. The number of nitrogens with two attached hydrogens (primary N) is 1. The number of aromatic nitrogens is 2. The molecule has 17 heavy (non-hydrogen) atoms. The molecule has 0 fully saturated rings. The molecule has 0 radical (unpaired) electrons. The lowest BCUT2D eigenvalue weighted by Gasteiger charge is -1.87. The lowest BCUT2D eigenvalue weighted by molar-refractivity contribution is 0.111. The van der Waals surface area contributed by atoms with Crippen molar-refractivity contribution in [2.45, 2.75) is 0 Å². The summed E-state index contributed by atoms with van der Waals surface area (Å²) in [5.74, 6) is -0.324. The van der Waals surface area contributed by atoms with Crippen LogP contribution in [0.5, 0.6) is 0 Å². The Balaban J connectivity index is 0.000000171. The van der Waals surface area contributed by atoms with E-state index in [1.165, 1.54) is 24.4 Å². The van der Waals surface area contributed by atoms with Crippen LogP contribution in [0.2, 0.25) is 5.02 Å². The predicted octanol–water partition coefficient (Wildman–Crippen LogP) is 2.35. The third kappa shape index (κ3) is 5.03. The van der Waals surface area contributed by atoms with Crippen molar-refractivity contribution in [3.63, 3.8) is 0 Å². The van der Waals surface area contributed by atoms with E-state index in [1.54, 1.807) is 12.1 Å². The molecule has 88 valence electrons. The molecule has 0 bridgehead atoms. The Bertz CT molecular complexity index is 473. The van der Waals surface area contributed by atoms with Gasteiger partial charge in [0.15, 0.2) is 6.29 Å². The molecule has 2 heterocycles. The molecule has 2 aromatic heterocycles. The molecule has 0 saturated carbocycles. The second-order valence-electron chi connectivity index (χ2n) is 2.90. The number of carbonyl (C=O) groups is 1. The zero-order chi connectivity index (χ0) is 12.7. The van der Waals surface area contributed by atoms with Gasteiger partial charge in [-0.25, -0.2) is 4.98 Å². The highest BCUT2D eigenvalue weighted by molar-refractivity contribution is 6.30. The van der Waals surface area contributed by atoms with Crippen molar-refractivity contribution < 1.29 is 9.18 Å². The number of anilines is 1. The van der Waals surface area contributed by atoms with Crippen molar-refractivity contribution >= 4 is 23.7 Å². The maximum absolute atomic E-state index is 12.0. The van der Waals surface area contributed by atoms with E-state index in [0.29, 0.717) is 17.0 Å². The van der Waals surface area contributed by atoms with E-state index < -0.39 is 5.95 Å². The number of aldehydes is 1. The van der Waals surface area contributed by atoms with Crippen molar-refractivity contribution in [3.8, 4) is 0 Å². The summed E-state index contributed by atoms with van der Waals surface area (Å²) < 4.78 is 12.0. The van der Waals surface area contributed by atoms with E-state index in [9.17, 15) is 9.18 Å². The third-order valence-electron chi connectivity index (χ3n) is 1.61. The van der Waals surface area contributed by atoms with Gasteiger partial charge in [-0.05, 0) is 24.3 Å². The number of hydrogen-bond acceptors (Lipinski definition) is 4. The van der Waals surface area contributed by atoms with E-state index in [1.807, 2.05) is 0 Å². The number of halogens is 2. The maximum Gasteiger partial charge on any atom is 0.214 e. The molecule has 2 N–H and O–H groups in total. The van der Waals surface area contributed by atoms with Gasteiger partial charge < -0.3 is 5.73 Å². The van der Waals surface area contributed by atoms with Crippen LogP contribution in [0.3, 0.4) is 0 Å². The number of nitrogen functional groups attached to an aromatic ring is 1. The fraction of sp³-hybridized carbons (Fsp3) is 0. The van der Waals surface area contributed by atoms with Crippen LogP contribution in [0.1, 0.15) is 10.5 Å². The van der Waals surface area contributed by atoms with Crippen molar-refractivity contribution in [2.75, 3.05) is 5.73 Å². The van der Waals surface area contributed by atoms with Gasteiger partial charge in [0, 0.05) is 6.20 Å². The van der Waals surface area contributed by atoms with Crippen molar-refractivity contribution in [1.82, 2.24) is 9.97 Å². The Labute approximate surface area is 102 Å². The maximum atomic E-state index is 12.0. The van der Waals surface area contributed by atoms with Crippen LogP contribution in [-0.4, -0.2) is 16.3 Å². The van der Waals surface area contributed by atoms with Crippen LogP contribution >= 0.6 is 11.6 Å². The number of hydrogen-bond donors (Lipinski definition) is 1. The number of nitrogens with zero attached hydrogens (tertiary/aromatic N) is 2. The summed E-state index contributed by atoms with van der Waals surface area (Å²) in [6.45, 7) is 0. The Kier molecular flexibility index (Phi) is 5.03. The van der Waals surface area contributed by atoms with Gasteiger partial charge in [0.2, 0.25) is 5.95 Å². The Morgan fingerprint density at radius 2 is 2.06 bits per heavy atom. The van der Waals surface area contributed by atoms with Crippen LogP contribution < -0.4 is 5.73 Å². The molecule has 0 aliphatic carbocycles. The lowest BCUT2D eigenvalue weighted by Crippen LogP contribution is -1.90. The first kappa shape index (κ1) is 13.1. The fourth-order valence-corrected chi connectivity index (χ4v) is 0.993. The Hall–Kier alpha value is -2.01. The molecule has 0 spiro atoms. The average molecular weight is 254 g/mol. The van der Waals surface area contributed by atoms with E-state index in [4.69, 9.17) is 17.3 Å². The summed E-state index contributed by atoms with van der Waals surface area (Å²) in [5, 5.41) is 0.542. The molecule has 2 aromatic rings. The smallest absolute Gasteiger partial charge is 0.214 e. The van der Waals surface area contributed by atoms with Crippen LogP contribution in [0.4, 0.5) is 10.2 Å². The van der Waals surface area contributed by atoms with Gasteiger partial charge in [0.1, 0.15) is 11.5 Å². The van der Waals surface area contributed by atoms with Crippen LogP contribution in [0.25, 0.3) is 0 Å². The summed E-state index contributed by atoms with van der Waals surface area (Å²) in [6.07, 6.45) is 2.11. The molecular formula is C11H9ClFN3O. The van der Waals surface area contributed by atoms with Crippen molar-refractivity contribution in [1.29, 1.82) is 0 Å². The summed E-state index contributed by atoms with van der Waals surface area (Å²) in [6, 6.07) is 7.48. The molecule has 0 aromatic carbocycles. The highest BCUT2D eigenvalue weighted by Crippen LogP contribution is 2.04. The first-order valence-electron chi connectivity index (χ1n) is 4.56. The molecule has 0 atom stereocenters. The van der Waals surface area contributed by atoms with Gasteiger partial charge in [-0.3, -0.25) is 9.78 Å². The minimum Gasteiger partial charge on any atom is -0.384 e. The van der Waals surface area contributed by atoms with E-state index in [2.05, 4.69) is 9.97 Å². The minimum absolute atomic E-state index is 0.213. The van der Waals surface area contributed by atoms with Crippen molar-refractivity contribution in [3.05, 3.63) is 53.2 Å². The topological polar surface area (TPSA) is 68.9 Å². The van der Waals surface area contributed by atoms with E-state index in [0.717, 1.165) is 0 Å². The molecular weight excluding hydrogens is 245 g/mol. The molecule has 6 heteroatoms. The summed E-state index contributed by atoms with van der Waals surface area (Å²) >= 11 is 5.49. The first-order chi connectivity index (χ1) is 8.11. The second-order valence-corrected chi connectivity index (χ2v) is 3.34. The van der Waals surface area contributed by atoms with E-state index in [-0.39, 0.29) is 5.82 Å². The standard InChI is InChI=1S/C6H4ClNO.C5H5FN2/c7-5-1-2-6(4-9)8-3-5;6-4-2-1-3-5(7)8-4/h1-4H;1-3H,(H2,7,8). The van der Waals surface area contributed by atoms with Gasteiger partial charge in [-0.2, -0.15) is 4.39 Å². The normalized spacial score (nSPS) is 9.06. The van der Waals surface area contributed by atoms with Crippen LogP contribution in [0, 0.1) is 5.95 Å². The Morgan fingerprint density at radius 3 is 2.47 bits per heavy atom. The number of rotatable bonds is 1. The monoisotopic (exact) mass is 253 g/mol. The highest BCUT2D eigenvalue weighted by atomic mass is 35.5. The number of carbonyl (C=O) groups excluding carboxylic acids is 1. The van der Waals surface area contributed by atoms with Crippen molar-refractivity contribution in [2.24, 2.45) is 0 Å². The molecule has 0 aliphatic heterocycles. The van der Waals surface area contributed by atoms with Crippen LogP contribution in [-0.2, 0) is 0 Å². The molecule has 0 unspecified atom stereocenters. The van der Waals surface area contributed by atoms with Gasteiger partial charge in [-0.1, -0.05) is 17.7 Å². The summed E-state index contributed by atoms with van der Waals surface area (Å²) in [7, 11) is 0. The third-order valence-corrected chi connectivity index (χ3v) is 1.83. The zero-order valence-electron chi connectivity index (χ0n) is 8.68. The first-order valence-corrected chi connectivity index (χ1v) is 4.94. The second kappa shape index (κ2) is 6.55. The van der Waals surface area contributed by atoms with Crippen LogP contribution in [0.15, 0.2) is 36.5 Å². The fourth-order valence-electron chi connectivity index (χ4n) is 0.881. The van der Waals surface area contributed by atoms with Gasteiger partial charge >= 0.3 is 0 Å². The number of pyridine rings is 2. The van der Waals surface area contributed by atoms with Gasteiger partial charge in [0.05, 0.1) is 5.02 Å². The predicted molar refractivity (Wildman–Crippen MR) is 63.2 cm³/mol. The summed E-state index contributed by atoms with van der Waals surface area (Å²) in [4.78, 5) is 17.0. The van der Waals surface area contributed by atoms with Gasteiger partial charge in [0.25, 0.3) is 0 Å².